The van der Waals surface area contributed by atoms with Crippen molar-refractivity contribution in [3.8, 4) is 0 Å². The van der Waals surface area contributed by atoms with Gasteiger partial charge in [-0.05, 0) is 18.8 Å². The van der Waals surface area contributed by atoms with Gasteiger partial charge in [0.15, 0.2) is 0 Å². The average molecular weight is 211 g/mol. The zero-order valence-corrected chi connectivity index (χ0v) is 11.2. The fourth-order valence-corrected chi connectivity index (χ4v) is 2.14. The van der Waals surface area contributed by atoms with Gasteiger partial charge in [0.05, 0.1) is 0 Å². The summed E-state index contributed by atoms with van der Waals surface area (Å²) in [5, 5.41) is 0. The molecule has 0 bridgehead atoms. The fraction of sp³-hybridized carbons (Fsp3) is 0.933. The SMILES string of the molecule is CCCCCCC[CH]CC(CC)CCC. The van der Waals surface area contributed by atoms with Crippen LogP contribution in [-0.4, -0.2) is 0 Å². The summed E-state index contributed by atoms with van der Waals surface area (Å²) < 4.78 is 0. The zero-order valence-electron chi connectivity index (χ0n) is 11.2. The van der Waals surface area contributed by atoms with Crippen LogP contribution in [0.2, 0.25) is 0 Å². The summed E-state index contributed by atoms with van der Waals surface area (Å²) in [6.45, 7) is 6.91. The van der Waals surface area contributed by atoms with E-state index in [-0.39, 0.29) is 0 Å². The molecule has 1 atom stereocenters. The van der Waals surface area contributed by atoms with Gasteiger partial charge >= 0.3 is 0 Å². The van der Waals surface area contributed by atoms with E-state index < -0.39 is 0 Å². The minimum absolute atomic E-state index is 0.964. The molecular formula is C15H31. The van der Waals surface area contributed by atoms with Gasteiger partial charge in [-0.3, -0.25) is 0 Å². The predicted octanol–water partition coefficient (Wildman–Crippen LogP) is 5.77. The lowest BCUT2D eigenvalue weighted by molar-refractivity contribution is 0.449. The van der Waals surface area contributed by atoms with E-state index in [9.17, 15) is 0 Å². The number of hydrogen-bond donors (Lipinski definition) is 0. The van der Waals surface area contributed by atoms with Crippen LogP contribution < -0.4 is 0 Å². The van der Waals surface area contributed by atoms with Crippen LogP contribution in [0.3, 0.4) is 0 Å². The smallest absolute Gasteiger partial charge is 0.0383 e. The van der Waals surface area contributed by atoms with Crippen LogP contribution in [0, 0.1) is 12.3 Å². The Balaban J connectivity index is 3.14. The van der Waals surface area contributed by atoms with E-state index in [1.54, 1.807) is 0 Å². The van der Waals surface area contributed by atoms with Crippen molar-refractivity contribution >= 4 is 0 Å². The van der Waals surface area contributed by atoms with Gasteiger partial charge in [0.1, 0.15) is 0 Å². The van der Waals surface area contributed by atoms with Crippen LogP contribution >= 0.6 is 0 Å². The largest absolute Gasteiger partial charge is 0.0654 e. The lowest BCUT2D eigenvalue weighted by Crippen LogP contribution is -1.98. The van der Waals surface area contributed by atoms with Crippen molar-refractivity contribution in [2.45, 2.75) is 85.0 Å². The molecule has 0 heteroatoms. The fourth-order valence-electron chi connectivity index (χ4n) is 2.14. The van der Waals surface area contributed by atoms with Crippen LogP contribution in [0.4, 0.5) is 0 Å². The highest BCUT2D eigenvalue weighted by Gasteiger charge is 2.04. The van der Waals surface area contributed by atoms with E-state index >= 15 is 0 Å². The van der Waals surface area contributed by atoms with Crippen molar-refractivity contribution in [2.75, 3.05) is 0 Å². The summed E-state index contributed by atoms with van der Waals surface area (Å²) in [7, 11) is 0. The maximum absolute atomic E-state index is 2.54. The molecule has 0 rings (SSSR count). The Kier molecular flexibility index (Phi) is 12.1. The molecule has 0 amide bonds. The molecule has 0 N–H and O–H groups in total. The van der Waals surface area contributed by atoms with E-state index in [0.717, 1.165) is 5.92 Å². The van der Waals surface area contributed by atoms with Crippen molar-refractivity contribution < 1.29 is 0 Å². The molecule has 0 saturated heterocycles. The second-order valence-electron chi connectivity index (χ2n) is 4.79. The number of rotatable bonds is 11. The van der Waals surface area contributed by atoms with E-state index in [0.29, 0.717) is 0 Å². The Labute approximate surface area is 97.8 Å². The quantitative estimate of drug-likeness (QED) is 0.381. The summed E-state index contributed by atoms with van der Waals surface area (Å²) in [5.41, 5.74) is 0. The topological polar surface area (TPSA) is 0 Å². The van der Waals surface area contributed by atoms with E-state index in [1.807, 2.05) is 0 Å². The molecule has 0 aromatic heterocycles. The second kappa shape index (κ2) is 12.1. The minimum Gasteiger partial charge on any atom is -0.0654 e. The zero-order chi connectivity index (χ0) is 11.4. The third-order valence-electron chi connectivity index (χ3n) is 3.29. The van der Waals surface area contributed by atoms with E-state index in [4.69, 9.17) is 0 Å². The molecule has 1 radical (unpaired) electrons. The van der Waals surface area contributed by atoms with Crippen LogP contribution in [0.15, 0.2) is 0 Å². The maximum atomic E-state index is 2.54. The molecule has 0 nitrogen and oxygen atoms in total. The van der Waals surface area contributed by atoms with Gasteiger partial charge in [-0.15, -0.1) is 0 Å². The highest BCUT2D eigenvalue weighted by atomic mass is 14.1. The van der Waals surface area contributed by atoms with Crippen LogP contribution in [0.25, 0.3) is 0 Å². The van der Waals surface area contributed by atoms with Crippen molar-refractivity contribution in [1.29, 1.82) is 0 Å². The van der Waals surface area contributed by atoms with Gasteiger partial charge in [-0.1, -0.05) is 78.6 Å². The maximum Gasteiger partial charge on any atom is -0.0383 e. The third kappa shape index (κ3) is 10.3. The molecule has 0 aromatic rings. The van der Waals surface area contributed by atoms with Gasteiger partial charge in [0.2, 0.25) is 0 Å². The van der Waals surface area contributed by atoms with Crippen molar-refractivity contribution in [1.82, 2.24) is 0 Å². The van der Waals surface area contributed by atoms with Gasteiger partial charge in [-0.25, -0.2) is 0 Å². The Hall–Kier alpha value is 0. The summed E-state index contributed by atoms with van der Waals surface area (Å²) in [6, 6.07) is 0. The molecule has 0 saturated carbocycles. The minimum atomic E-state index is 0.964. The highest BCUT2D eigenvalue weighted by Crippen LogP contribution is 2.18. The molecule has 1 unspecified atom stereocenters. The number of hydrogen-bond acceptors (Lipinski definition) is 0. The molecule has 0 aliphatic heterocycles. The third-order valence-corrected chi connectivity index (χ3v) is 3.29. The number of unbranched alkanes of at least 4 members (excludes halogenated alkanes) is 6. The second-order valence-corrected chi connectivity index (χ2v) is 4.79. The van der Waals surface area contributed by atoms with Crippen molar-refractivity contribution in [3.63, 3.8) is 0 Å². The Bertz CT molecular complexity index is 107. The normalized spacial score (nSPS) is 13.0. The lowest BCUT2D eigenvalue weighted by atomic mass is 9.94. The molecule has 0 fully saturated rings. The Morgan fingerprint density at radius 3 is 2.20 bits per heavy atom. The monoisotopic (exact) mass is 211 g/mol. The van der Waals surface area contributed by atoms with Crippen molar-refractivity contribution in [3.05, 3.63) is 6.42 Å². The predicted molar refractivity (Wildman–Crippen MR) is 71.0 cm³/mol. The first-order valence-corrected chi connectivity index (χ1v) is 7.16. The standard InChI is InChI=1S/C15H31/c1-4-7-8-9-10-11-12-14-15(6-3)13-5-2/h12,15H,4-11,13-14H2,1-3H3. The van der Waals surface area contributed by atoms with Gasteiger partial charge in [-0.2, -0.15) is 0 Å². The highest BCUT2D eigenvalue weighted by molar-refractivity contribution is 4.70. The molecular weight excluding hydrogens is 180 g/mol. The van der Waals surface area contributed by atoms with Gasteiger partial charge in [0.25, 0.3) is 0 Å². The first-order valence-electron chi connectivity index (χ1n) is 7.16. The Morgan fingerprint density at radius 1 is 0.867 bits per heavy atom. The molecule has 91 valence electrons. The van der Waals surface area contributed by atoms with Gasteiger partial charge in [0, 0.05) is 0 Å². The molecule has 0 heterocycles. The van der Waals surface area contributed by atoms with Gasteiger partial charge < -0.3 is 0 Å². The van der Waals surface area contributed by atoms with Crippen LogP contribution in [0.5, 0.6) is 0 Å². The summed E-state index contributed by atoms with van der Waals surface area (Å²) in [5.74, 6) is 0.964. The first-order chi connectivity index (χ1) is 7.35. The molecule has 0 aliphatic carbocycles. The van der Waals surface area contributed by atoms with Crippen LogP contribution in [0.1, 0.15) is 85.0 Å². The summed E-state index contributed by atoms with van der Waals surface area (Å²) in [4.78, 5) is 0. The molecule has 0 spiro atoms. The van der Waals surface area contributed by atoms with Crippen LogP contribution in [-0.2, 0) is 0 Å². The lowest BCUT2D eigenvalue weighted by Gasteiger charge is -2.12. The average Bonchev–Trinajstić information content (AvgIpc) is 2.26. The van der Waals surface area contributed by atoms with Crippen molar-refractivity contribution in [2.24, 2.45) is 5.92 Å². The Morgan fingerprint density at radius 2 is 1.60 bits per heavy atom. The van der Waals surface area contributed by atoms with E-state index in [1.165, 1.54) is 64.2 Å². The first kappa shape index (κ1) is 15.0. The molecule has 0 aliphatic rings. The molecule has 15 heavy (non-hydrogen) atoms. The summed E-state index contributed by atoms with van der Waals surface area (Å²) in [6.07, 6.45) is 16.5. The van der Waals surface area contributed by atoms with E-state index in [2.05, 4.69) is 27.2 Å². The summed E-state index contributed by atoms with van der Waals surface area (Å²) >= 11 is 0. The molecule has 0 aromatic carbocycles.